The van der Waals surface area contributed by atoms with E-state index in [1.807, 2.05) is 6.92 Å². The molecular weight excluding hydrogens is 398 g/mol. The summed E-state index contributed by atoms with van der Waals surface area (Å²) in [6, 6.07) is 6.25. The number of carbonyl (C=O) groups is 1. The van der Waals surface area contributed by atoms with Crippen molar-refractivity contribution in [2.45, 2.75) is 19.9 Å². The molecule has 0 heterocycles. The van der Waals surface area contributed by atoms with Crippen LogP contribution >= 0.6 is 24.0 Å². The summed E-state index contributed by atoms with van der Waals surface area (Å²) in [6.45, 7) is 3.68. The number of hydrogen-bond acceptors (Lipinski definition) is 2. The lowest BCUT2D eigenvalue weighted by molar-refractivity contribution is -0.128. The predicted molar refractivity (Wildman–Crippen MR) is 97.9 cm³/mol. The number of carbonyl (C=O) groups excluding carboxylic acids is 1. The average molecular weight is 422 g/mol. The maximum Gasteiger partial charge on any atom is 0.223 e. The minimum absolute atomic E-state index is 0. The number of guanidine groups is 1. The Kier molecular flexibility index (Phi) is 10.5. The Bertz CT molecular complexity index is 477. The van der Waals surface area contributed by atoms with E-state index < -0.39 is 0 Å². The Morgan fingerprint density at radius 2 is 1.86 bits per heavy atom. The maximum atomic E-state index is 12.8. The lowest BCUT2D eigenvalue weighted by atomic mass is 10.2. The summed E-state index contributed by atoms with van der Waals surface area (Å²) in [6.07, 6.45) is 0.411. The van der Waals surface area contributed by atoms with Gasteiger partial charge in [-0.3, -0.25) is 4.79 Å². The largest absolute Gasteiger partial charge is 0.357 e. The molecule has 124 valence electrons. The van der Waals surface area contributed by atoms with Crippen molar-refractivity contribution in [3.05, 3.63) is 35.6 Å². The third-order valence-electron chi connectivity index (χ3n) is 2.81. The molecule has 7 heteroatoms. The fraction of sp³-hybridized carbons (Fsp3) is 0.467. The van der Waals surface area contributed by atoms with Gasteiger partial charge < -0.3 is 15.5 Å². The standard InChI is InChI=1S/C15H23FN4O.HI/c1-4-17-15(18-10-9-14(21)20(2)3)19-11-12-5-7-13(16)8-6-12;/h5-8H,4,9-11H2,1-3H3,(H2,17,18,19);1H. The zero-order chi connectivity index (χ0) is 15.7. The molecule has 0 bridgehead atoms. The van der Waals surface area contributed by atoms with Crippen LogP contribution in [0.5, 0.6) is 0 Å². The number of rotatable bonds is 6. The minimum Gasteiger partial charge on any atom is -0.357 e. The van der Waals surface area contributed by atoms with Crippen LogP contribution in [0.25, 0.3) is 0 Å². The molecule has 0 aromatic heterocycles. The first-order chi connectivity index (χ1) is 10.0. The van der Waals surface area contributed by atoms with Crippen molar-refractivity contribution in [1.82, 2.24) is 15.5 Å². The van der Waals surface area contributed by atoms with Gasteiger partial charge >= 0.3 is 0 Å². The number of amides is 1. The second-order valence-corrected chi connectivity index (χ2v) is 4.79. The van der Waals surface area contributed by atoms with Crippen molar-refractivity contribution in [2.24, 2.45) is 4.99 Å². The number of benzene rings is 1. The third kappa shape index (κ3) is 8.16. The molecule has 0 saturated heterocycles. The molecule has 0 aliphatic carbocycles. The van der Waals surface area contributed by atoms with E-state index in [-0.39, 0.29) is 35.7 Å². The van der Waals surface area contributed by atoms with Crippen molar-refractivity contribution >= 4 is 35.8 Å². The smallest absolute Gasteiger partial charge is 0.223 e. The van der Waals surface area contributed by atoms with Gasteiger partial charge in [-0.2, -0.15) is 0 Å². The zero-order valence-electron chi connectivity index (χ0n) is 13.2. The molecule has 2 N–H and O–H groups in total. The molecule has 1 aromatic carbocycles. The van der Waals surface area contributed by atoms with Gasteiger partial charge in [0.2, 0.25) is 5.91 Å². The van der Waals surface area contributed by atoms with E-state index in [0.717, 1.165) is 12.1 Å². The summed E-state index contributed by atoms with van der Waals surface area (Å²) in [5, 5.41) is 6.21. The molecule has 0 aliphatic rings. The molecule has 0 fully saturated rings. The highest BCUT2D eigenvalue weighted by Gasteiger charge is 2.04. The molecule has 0 unspecified atom stereocenters. The van der Waals surface area contributed by atoms with Gasteiger partial charge in [-0.15, -0.1) is 24.0 Å². The van der Waals surface area contributed by atoms with Crippen LogP contribution in [0.1, 0.15) is 18.9 Å². The SMILES string of the molecule is CCNC(=NCc1ccc(F)cc1)NCCC(=O)N(C)C.I. The van der Waals surface area contributed by atoms with Crippen LogP contribution in [0.3, 0.4) is 0 Å². The summed E-state index contributed by atoms with van der Waals surface area (Å²) < 4.78 is 12.8. The van der Waals surface area contributed by atoms with E-state index in [9.17, 15) is 9.18 Å². The fourth-order valence-corrected chi connectivity index (χ4v) is 1.61. The first kappa shape index (κ1) is 20.6. The zero-order valence-corrected chi connectivity index (χ0v) is 15.6. The number of aliphatic imine (C=N–C) groups is 1. The molecule has 22 heavy (non-hydrogen) atoms. The van der Waals surface area contributed by atoms with Gasteiger partial charge in [0.1, 0.15) is 5.82 Å². The molecule has 0 aliphatic heterocycles. The van der Waals surface area contributed by atoms with Crippen LogP contribution in [0.4, 0.5) is 4.39 Å². The summed E-state index contributed by atoms with van der Waals surface area (Å²) in [7, 11) is 3.46. The van der Waals surface area contributed by atoms with E-state index in [2.05, 4.69) is 15.6 Å². The molecule has 0 spiro atoms. The summed E-state index contributed by atoms with van der Waals surface area (Å²) in [5.74, 6) is 0.459. The second-order valence-electron chi connectivity index (χ2n) is 4.79. The van der Waals surface area contributed by atoms with Gasteiger partial charge in [-0.05, 0) is 24.6 Å². The Morgan fingerprint density at radius 1 is 1.23 bits per heavy atom. The summed E-state index contributed by atoms with van der Waals surface area (Å²) in [5.41, 5.74) is 0.929. The van der Waals surface area contributed by atoms with E-state index in [4.69, 9.17) is 0 Å². The first-order valence-electron chi connectivity index (χ1n) is 6.99. The van der Waals surface area contributed by atoms with Crippen molar-refractivity contribution in [1.29, 1.82) is 0 Å². The average Bonchev–Trinajstić information content (AvgIpc) is 2.46. The number of nitrogens with zero attached hydrogens (tertiary/aromatic N) is 2. The quantitative estimate of drug-likeness (QED) is 0.419. The van der Waals surface area contributed by atoms with Gasteiger partial charge in [-0.25, -0.2) is 9.38 Å². The van der Waals surface area contributed by atoms with Crippen LogP contribution in [-0.4, -0.2) is 44.0 Å². The molecular formula is C15H24FIN4O. The van der Waals surface area contributed by atoms with Crippen LogP contribution in [0, 0.1) is 5.82 Å². The third-order valence-corrected chi connectivity index (χ3v) is 2.81. The Morgan fingerprint density at radius 3 is 2.41 bits per heavy atom. The minimum atomic E-state index is -0.255. The van der Waals surface area contributed by atoms with Gasteiger partial charge in [0.05, 0.1) is 6.54 Å². The van der Waals surface area contributed by atoms with Crippen LogP contribution < -0.4 is 10.6 Å². The Labute approximate surface area is 148 Å². The van der Waals surface area contributed by atoms with Gasteiger partial charge in [0.15, 0.2) is 5.96 Å². The van der Waals surface area contributed by atoms with Crippen molar-refractivity contribution < 1.29 is 9.18 Å². The van der Waals surface area contributed by atoms with Crippen LogP contribution in [-0.2, 0) is 11.3 Å². The van der Waals surface area contributed by atoms with Crippen molar-refractivity contribution in [3.63, 3.8) is 0 Å². The van der Waals surface area contributed by atoms with Gasteiger partial charge in [0.25, 0.3) is 0 Å². The van der Waals surface area contributed by atoms with Crippen molar-refractivity contribution in [3.8, 4) is 0 Å². The van der Waals surface area contributed by atoms with Gasteiger partial charge in [-0.1, -0.05) is 12.1 Å². The molecule has 5 nitrogen and oxygen atoms in total. The highest BCUT2D eigenvalue weighted by Crippen LogP contribution is 2.03. The predicted octanol–water partition coefficient (Wildman–Crippen LogP) is 1.98. The molecule has 0 atom stereocenters. The van der Waals surface area contributed by atoms with E-state index >= 15 is 0 Å². The number of hydrogen-bond donors (Lipinski definition) is 2. The normalized spacial score (nSPS) is 10.6. The molecule has 0 saturated carbocycles. The Balaban J connectivity index is 0.00000441. The number of halogens is 2. The van der Waals surface area contributed by atoms with Crippen LogP contribution in [0.15, 0.2) is 29.3 Å². The van der Waals surface area contributed by atoms with E-state index in [1.54, 1.807) is 31.1 Å². The maximum absolute atomic E-state index is 12.8. The highest BCUT2D eigenvalue weighted by molar-refractivity contribution is 14.0. The number of nitrogens with one attached hydrogen (secondary N) is 2. The Hall–Kier alpha value is -1.38. The van der Waals surface area contributed by atoms with Gasteiger partial charge in [0, 0.05) is 33.6 Å². The molecule has 1 rings (SSSR count). The topological polar surface area (TPSA) is 56.7 Å². The fourth-order valence-electron chi connectivity index (χ4n) is 1.61. The lowest BCUT2D eigenvalue weighted by Crippen LogP contribution is -2.39. The molecule has 1 amide bonds. The van der Waals surface area contributed by atoms with Crippen molar-refractivity contribution in [2.75, 3.05) is 27.2 Å². The second kappa shape index (κ2) is 11.2. The van der Waals surface area contributed by atoms with E-state index in [0.29, 0.717) is 25.5 Å². The highest BCUT2D eigenvalue weighted by atomic mass is 127. The van der Waals surface area contributed by atoms with E-state index in [1.165, 1.54) is 12.1 Å². The molecule has 1 aromatic rings. The summed E-state index contributed by atoms with van der Waals surface area (Å²) in [4.78, 5) is 17.4. The summed E-state index contributed by atoms with van der Waals surface area (Å²) >= 11 is 0. The first-order valence-corrected chi connectivity index (χ1v) is 6.99. The molecule has 0 radical (unpaired) electrons. The lowest BCUT2D eigenvalue weighted by Gasteiger charge is -2.13. The monoisotopic (exact) mass is 422 g/mol. The van der Waals surface area contributed by atoms with Crippen LogP contribution in [0.2, 0.25) is 0 Å².